The summed E-state index contributed by atoms with van der Waals surface area (Å²) in [6.45, 7) is 3.55. The Balaban J connectivity index is 4.11. The number of ether oxygens (including phenoxy) is 2. The molecule has 0 heterocycles. The Hall–Kier alpha value is -1.51. The molecule has 2 unspecified atom stereocenters. The molecule has 3 N–H and O–H groups in total. The van der Waals surface area contributed by atoms with Crippen molar-refractivity contribution in [1.82, 2.24) is 0 Å². The van der Waals surface area contributed by atoms with Crippen LogP contribution in [-0.4, -0.2) is 49.3 Å². The lowest BCUT2D eigenvalue weighted by molar-refractivity contribution is -0.161. The lowest BCUT2D eigenvalue weighted by atomic mass is 10.1. The maximum Gasteiger partial charge on any atom is 0.472 e. The van der Waals surface area contributed by atoms with E-state index < -0.39 is 32.5 Å². The summed E-state index contributed by atoms with van der Waals surface area (Å²) in [5.41, 5.74) is 5.29. The Morgan fingerprint density at radius 2 is 1.21 bits per heavy atom. The Labute approximate surface area is 261 Å². The van der Waals surface area contributed by atoms with E-state index in [1.807, 2.05) is 0 Å². The van der Waals surface area contributed by atoms with Crippen molar-refractivity contribution in [3.63, 3.8) is 0 Å². The van der Waals surface area contributed by atoms with Gasteiger partial charge in [0.15, 0.2) is 6.10 Å². The fourth-order valence-electron chi connectivity index (χ4n) is 4.31. The maximum atomic E-state index is 12.4. The predicted octanol–water partition coefficient (Wildman–Crippen LogP) is 8.49. The van der Waals surface area contributed by atoms with Gasteiger partial charge in [0, 0.05) is 19.4 Å². The highest BCUT2D eigenvalue weighted by atomic mass is 31.2. The van der Waals surface area contributed by atoms with E-state index in [1.54, 1.807) is 0 Å². The van der Waals surface area contributed by atoms with E-state index in [4.69, 9.17) is 24.3 Å². The summed E-state index contributed by atoms with van der Waals surface area (Å²) in [6.07, 6.45) is 28.4. The molecular formula is C33H62NO8P. The van der Waals surface area contributed by atoms with Crippen LogP contribution in [0.4, 0.5) is 0 Å². The summed E-state index contributed by atoms with van der Waals surface area (Å²) in [5, 5.41) is 0. The van der Waals surface area contributed by atoms with E-state index in [0.717, 1.165) is 57.8 Å². The predicted molar refractivity (Wildman–Crippen MR) is 174 cm³/mol. The summed E-state index contributed by atoms with van der Waals surface area (Å²) in [4.78, 5) is 34.2. The van der Waals surface area contributed by atoms with Gasteiger partial charge in [0.1, 0.15) is 6.61 Å². The van der Waals surface area contributed by atoms with Gasteiger partial charge in [-0.3, -0.25) is 18.6 Å². The third-order valence-electron chi connectivity index (χ3n) is 6.84. The Bertz CT molecular complexity index is 774. The lowest BCUT2D eigenvalue weighted by Crippen LogP contribution is -2.29. The number of phosphoric ester groups is 1. The van der Waals surface area contributed by atoms with Gasteiger partial charge in [-0.1, -0.05) is 109 Å². The maximum absolute atomic E-state index is 12.4. The molecule has 0 rings (SSSR count). The van der Waals surface area contributed by atoms with Crippen molar-refractivity contribution in [2.45, 2.75) is 148 Å². The van der Waals surface area contributed by atoms with Crippen molar-refractivity contribution in [1.29, 1.82) is 0 Å². The second-order valence-electron chi connectivity index (χ2n) is 11.0. The van der Waals surface area contributed by atoms with Gasteiger partial charge in [0.25, 0.3) is 0 Å². The first kappa shape index (κ1) is 41.5. The Morgan fingerprint density at radius 3 is 1.79 bits per heavy atom. The van der Waals surface area contributed by atoms with Gasteiger partial charge in [-0.15, -0.1) is 0 Å². The topological polar surface area (TPSA) is 134 Å². The van der Waals surface area contributed by atoms with E-state index in [9.17, 15) is 19.0 Å². The average Bonchev–Trinajstić information content (AvgIpc) is 2.99. The number of hydrogen-bond donors (Lipinski definition) is 2. The highest BCUT2D eigenvalue weighted by Crippen LogP contribution is 2.43. The molecule has 0 aliphatic carbocycles. The van der Waals surface area contributed by atoms with E-state index in [2.05, 4.69) is 38.2 Å². The van der Waals surface area contributed by atoms with Crippen molar-refractivity contribution in [2.24, 2.45) is 5.73 Å². The number of esters is 2. The molecule has 2 atom stereocenters. The summed E-state index contributed by atoms with van der Waals surface area (Å²) in [7, 11) is -4.35. The molecule has 43 heavy (non-hydrogen) atoms. The van der Waals surface area contributed by atoms with Gasteiger partial charge in [-0.05, 0) is 44.9 Å². The van der Waals surface area contributed by atoms with Crippen LogP contribution in [0.3, 0.4) is 0 Å². The number of rotatable bonds is 31. The molecule has 0 amide bonds. The highest BCUT2D eigenvalue weighted by molar-refractivity contribution is 7.47. The third-order valence-corrected chi connectivity index (χ3v) is 7.82. The molecule has 0 aromatic rings. The van der Waals surface area contributed by atoms with Crippen molar-refractivity contribution in [3.05, 3.63) is 24.3 Å². The number of unbranched alkanes of at least 4 members (excludes halogenated alkanes) is 14. The molecular weight excluding hydrogens is 569 g/mol. The molecule has 0 aliphatic heterocycles. The minimum Gasteiger partial charge on any atom is -0.462 e. The van der Waals surface area contributed by atoms with Crippen LogP contribution in [0.15, 0.2) is 24.3 Å². The third kappa shape index (κ3) is 30.3. The first-order valence-electron chi connectivity index (χ1n) is 16.8. The van der Waals surface area contributed by atoms with Crippen LogP contribution in [0.2, 0.25) is 0 Å². The van der Waals surface area contributed by atoms with Crippen LogP contribution < -0.4 is 5.73 Å². The fraction of sp³-hybridized carbons (Fsp3) is 0.818. The molecule has 0 fully saturated rings. The van der Waals surface area contributed by atoms with Gasteiger partial charge in [-0.2, -0.15) is 0 Å². The van der Waals surface area contributed by atoms with E-state index >= 15 is 0 Å². The summed E-state index contributed by atoms with van der Waals surface area (Å²) < 4.78 is 32.3. The lowest BCUT2D eigenvalue weighted by Gasteiger charge is -2.19. The van der Waals surface area contributed by atoms with Crippen LogP contribution in [0.1, 0.15) is 142 Å². The number of allylic oxidation sites excluding steroid dienone is 4. The number of carbonyl (C=O) groups excluding carboxylic acids is 2. The molecule has 0 aromatic carbocycles. The van der Waals surface area contributed by atoms with Crippen LogP contribution in [0.25, 0.3) is 0 Å². The monoisotopic (exact) mass is 631 g/mol. The SMILES string of the molecule is CCCCCC/C=C\C/C=C\CCCCCCCCCC(=O)OC(COC(=O)CCCCCC)COP(=O)(O)OCCN. The Morgan fingerprint density at radius 1 is 0.698 bits per heavy atom. The molecule has 9 nitrogen and oxygen atoms in total. The minimum absolute atomic E-state index is 0.0523. The normalized spacial score (nSPS) is 13.9. The summed E-state index contributed by atoms with van der Waals surface area (Å²) in [6, 6.07) is 0. The van der Waals surface area contributed by atoms with E-state index in [0.29, 0.717) is 6.42 Å². The number of nitrogens with two attached hydrogens (primary N) is 1. The molecule has 0 saturated carbocycles. The van der Waals surface area contributed by atoms with E-state index in [1.165, 1.54) is 51.4 Å². The first-order valence-corrected chi connectivity index (χ1v) is 18.3. The van der Waals surface area contributed by atoms with Crippen LogP contribution in [-0.2, 0) is 32.7 Å². The van der Waals surface area contributed by atoms with Crippen molar-refractivity contribution in [2.75, 3.05) is 26.4 Å². The van der Waals surface area contributed by atoms with Gasteiger partial charge < -0.3 is 20.1 Å². The second kappa shape index (κ2) is 30.5. The van der Waals surface area contributed by atoms with Crippen LogP contribution in [0.5, 0.6) is 0 Å². The van der Waals surface area contributed by atoms with Crippen LogP contribution in [0, 0.1) is 0 Å². The van der Waals surface area contributed by atoms with Crippen molar-refractivity contribution < 1.29 is 37.6 Å². The van der Waals surface area contributed by atoms with Crippen molar-refractivity contribution in [3.8, 4) is 0 Å². The Kier molecular flexibility index (Phi) is 29.4. The van der Waals surface area contributed by atoms with E-state index in [-0.39, 0.29) is 32.6 Å². The molecule has 0 radical (unpaired) electrons. The zero-order valence-corrected chi connectivity index (χ0v) is 28.1. The van der Waals surface area contributed by atoms with Crippen LogP contribution >= 0.6 is 7.82 Å². The summed E-state index contributed by atoms with van der Waals surface area (Å²) >= 11 is 0. The average molecular weight is 632 g/mol. The van der Waals surface area contributed by atoms with Crippen molar-refractivity contribution >= 4 is 19.8 Å². The zero-order valence-electron chi connectivity index (χ0n) is 27.2. The molecule has 0 saturated heterocycles. The smallest absolute Gasteiger partial charge is 0.462 e. The molecule has 0 spiro atoms. The molecule has 0 aromatic heterocycles. The van der Waals surface area contributed by atoms with Gasteiger partial charge in [0.2, 0.25) is 0 Å². The molecule has 252 valence electrons. The van der Waals surface area contributed by atoms with Gasteiger partial charge >= 0.3 is 19.8 Å². The number of hydrogen-bond acceptors (Lipinski definition) is 8. The number of phosphoric acid groups is 1. The summed E-state index contributed by atoms with van der Waals surface area (Å²) in [5.74, 6) is -0.859. The number of carbonyl (C=O) groups is 2. The molecule has 10 heteroatoms. The molecule has 0 bridgehead atoms. The first-order chi connectivity index (χ1) is 20.8. The highest BCUT2D eigenvalue weighted by Gasteiger charge is 2.25. The molecule has 0 aliphatic rings. The second-order valence-corrected chi connectivity index (χ2v) is 12.5. The largest absolute Gasteiger partial charge is 0.472 e. The van der Waals surface area contributed by atoms with Gasteiger partial charge in [0.05, 0.1) is 13.2 Å². The van der Waals surface area contributed by atoms with Gasteiger partial charge in [-0.25, -0.2) is 4.57 Å². The zero-order chi connectivity index (χ0) is 31.9. The fourth-order valence-corrected chi connectivity index (χ4v) is 5.07. The standard InChI is InChI=1S/C33H62NO8P/c1-3-5-7-9-10-11-12-13-14-15-16-17-18-19-20-21-22-24-26-33(36)42-31(30-41-43(37,38)40-28-27-34)29-39-32(35)25-23-8-6-4-2/h11-12,14-15,31H,3-10,13,16-30,34H2,1-2H3,(H,37,38)/b12-11-,15-14-. The minimum atomic E-state index is -4.35. The quantitative estimate of drug-likeness (QED) is 0.0334.